The van der Waals surface area contributed by atoms with E-state index in [1.165, 1.54) is 0 Å². The Bertz CT molecular complexity index is 1360. The molecule has 3 aromatic carbocycles. The van der Waals surface area contributed by atoms with Crippen molar-refractivity contribution >= 4 is 23.2 Å². The summed E-state index contributed by atoms with van der Waals surface area (Å²) in [6.07, 6.45) is 3.56. The van der Waals surface area contributed by atoms with Gasteiger partial charge in [0, 0.05) is 24.1 Å². The van der Waals surface area contributed by atoms with Crippen LogP contribution in [0, 0.1) is 6.92 Å². The van der Waals surface area contributed by atoms with E-state index >= 15 is 0 Å². The topological polar surface area (TPSA) is 94.5 Å². The lowest BCUT2D eigenvalue weighted by Gasteiger charge is -2.10. The van der Waals surface area contributed by atoms with Crippen molar-refractivity contribution in [2.45, 2.75) is 19.9 Å². The number of ether oxygens (including phenoxy) is 2. The molecule has 2 amide bonds. The zero-order valence-corrected chi connectivity index (χ0v) is 20.4. The molecule has 0 aliphatic heterocycles. The van der Waals surface area contributed by atoms with Crippen LogP contribution < -0.4 is 20.1 Å². The van der Waals surface area contributed by atoms with Crippen molar-refractivity contribution in [2.24, 2.45) is 0 Å². The molecule has 0 unspecified atom stereocenters. The molecule has 0 spiro atoms. The minimum absolute atomic E-state index is 0.131. The number of carbonyl (C=O) groups is 2. The van der Waals surface area contributed by atoms with Gasteiger partial charge in [-0.2, -0.15) is 0 Å². The summed E-state index contributed by atoms with van der Waals surface area (Å²) in [5, 5.41) is 5.80. The smallest absolute Gasteiger partial charge is 0.275 e. The molecule has 0 bridgehead atoms. The summed E-state index contributed by atoms with van der Waals surface area (Å²) in [4.78, 5) is 29.3. The highest BCUT2D eigenvalue weighted by Crippen LogP contribution is 2.27. The SMILES string of the molecule is COc1ccc(CC(=O)Nc2ccc(Cn3cnc(C(=O)Nc4ccccc4C)c3)cc2)cc1OC. The van der Waals surface area contributed by atoms with E-state index in [0.717, 1.165) is 22.4 Å². The molecule has 1 aromatic heterocycles. The summed E-state index contributed by atoms with van der Waals surface area (Å²) in [7, 11) is 3.14. The van der Waals surface area contributed by atoms with Gasteiger partial charge in [0.2, 0.25) is 5.91 Å². The molecular formula is C28H28N4O4. The van der Waals surface area contributed by atoms with E-state index in [9.17, 15) is 9.59 Å². The van der Waals surface area contributed by atoms with Crippen molar-refractivity contribution in [3.63, 3.8) is 0 Å². The van der Waals surface area contributed by atoms with Gasteiger partial charge in [-0.05, 0) is 53.9 Å². The molecule has 0 saturated carbocycles. The van der Waals surface area contributed by atoms with Crippen LogP contribution >= 0.6 is 0 Å². The zero-order chi connectivity index (χ0) is 25.5. The predicted molar refractivity (Wildman–Crippen MR) is 139 cm³/mol. The molecule has 36 heavy (non-hydrogen) atoms. The van der Waals surface area contributed by atoms with Crippen LogP contribution in [-0.2, 0) is 17.8 Å². The van der Waals surface area contributed by atoms with Gasteiger partial charge >= 0.3 is 0 Å². The van der Waals surface area contributed by atoms with Crippen LogP contribution in [0.5, 0.6) is 11.5 Å². The van der Waals surface area contributed by atoms with Crippen molar-refractivity contribution in [2.75, 3.05) is 24.9 Å². The molecule has 0 saturated heterocycles. The van der Waals surface area contributed by atoms with Gasteiger partial charge in [0.05, 0.1) is 27.0 Å². The van der Waals surface area contributed by atoms with Crippen molar-refractivity contribution in [3.8, 4) is 11.5 Å². The van der Waals surface area contributed by atoms with Crippen LogP contribution in [0.2, 0.25) is 0 Å². The number of anilines is 2. The van der Waals surface area contributed by atoms with Crippen molar-refractivity contribution in [1.29, 1.82) is 0 Å². The largest absolute Gasteiger partial charge is 0.493 e. The molecule has 8 nitrogen and oxygen atoms in total. The second-order valence-electron chi connectivity index (χ2n) is 8.31. The Morgan fingerprint density at radius 2 is 1.61 bits per heavy atom. The fraction of sp³-hybridized carbons (Fsp3) is 0.179. The van der Waals surface area contributed by atoms with Gasteiger partial charge in [0.25, 0.3) is 5.91 Å². The van der Waals surface area contributed by atoms with Gasteiger partial charge in [0.1, 0.15) is 5.69 Å². The zero-order valence-electron chi connectivity index (χ0n) is 20.4. The van der Waals surface area contributed by atoms with Gasteiger partial charge in [-0.3, -0.25) is 9.59 Å². The first kappa shape index (κ1) is 24.5. The Morgan fingerprint density at radius 1 is 0.889 bits per heavy atom. The molecule has 0 fully saturated rings. The van der Waals surface area contributed by atoms with Crippen LogP contribution in [-0.4, -0.2) is 35.6 Å². The van der Waals surface area contributed by atoms with Gasteiger partial charge in [-0.25, -0.2) is 4.98 Å². The first-order chi connectivity index (χ1) is 17.4. The highest BCUT2D eigenvalue weighted by atomic mass is 16.5. The average molecular weight is 485 g/mol. The predicted octanol–water partition coefficient (Wildman–Crippen LogP) is 4.69. The summed E-state index contributed by atoms with van der Waals surface area (Å²) in [6.45, 7) is 2.49. The Kier molecular flexibility index (Phi) is 7.65. The number of nitrogens with one attached hydrogen (secondary N) is 2. The highest BCUT2D eigenvalue weighted by molar-refractivity contribution is 6.03. The number of methoxy groups -OCH3 is 2. The molecule has 2 N–H and O–H groups in total. The Hall–Kier alpha value is -4.59. The van der Waals surface area contributed by atoms with E-state index in [4.69, 9.17) is 9.47 Å². The molecule has 8 heteroatoms. The van der Waals surface area contributed by atoms with E-state index < -0.39 is 0 Å². The van der Waals surface area contributed by atoms with E-state index in [-0.39, 0.29) is 18.2 Å². The van der Waals surface area contributed by atoms with E-state index in [2.05, 4.69) is 15.6 Å². The maximum atomic E-state index is 12.5. The molecule has 0 radical (unpaired) electrons. The molecular weight excluding hydrogens is 456 g/mol. The fourth-order valence-electron chi connectivity index (χ4n) is 3.75. The van der Waals surface area contributed by atoms with Crippen LogP contribution in [0.25, 0.3) is 0 Å². The Morgan fingerprint density at radius 3 is 2.33 bits per heavy atom. The highest BCUT2D eigenvalue weighted by Gasteiger charge is 2.12. The maximum Gasteiger partial charge on any atom is 0.275 e. The van der Waals surface area contributed by atoms with Crippen molar-refractivity contribution in [3.05, 3.63) is 102 Å². The monoisotopic (exact) mass is 484 g/mol. The number of nitrogens with zero attached hydrogens (tertiary/aromatic N) is 2. The molecule has 184 valence electrons. The number of rotatable bonds is 9. The first-order valence-corrected chi connectivity index (χ1v) is 11.4. The second kappa shape index (κ2) is 11.2. The van der Waals surface area contributed by atoms with Crippen LogP contribution in [0.3, 0.4) is 0 Å². The lowest BCUT2D eigenvalue weighted by molar-refractivity contribution is -0.115. The Balaban J connectivity index is 1.32. The molecule has 4 rings (SSSR count). The van der Waals surface area contributed by atoms with Gasteiger partial charge < -0.3 is 24.7 Å². The number of para-hydroxylation sites is 1. The number of hydrogen-bond donors (Lipinski definition) is 2. The summed E-state index contributed by atoms with van der Waals surface area (Å²) < 4.78 is 12.4. The molecule has 1 heterocycles. The average Bonchev–Trinajstić information content (AvgIpc) is 3.35. The van der Waals surface area contributed by atoms with Crippen LogP contribution in [0.15, 0.2) is 79.3 Å². The first-order valence-electron chi connectivity index (χ1n) is 11.4. The van der Waals surface area contributed by atoms with Gasteiger partial charge in [0.15, 0.2) is 11.5 Å². The number of hydrogen-bond acceptors (Lipinski definition) is 5. The third kappa shape index (κ3) is 6.09. The molecule has 0 atom stereocenters. The summed E-state index contributed by atoms with van der Waals surface area (Å²) in [5.41, 5.74) is 4.63. The number of aromatic nitrogens is 2. The Labute approximate surface area is 209 Å². The normalized spacial score (nSPS) is 10.5. The standard InChI is InChI=1S/C28H28N4O4/c1-19-6-4-5-7-23(19)31-28(34)24-17-32(18-29-24)16-20-8-11-22(12-9-20)30-27(33)15-21-10-13-25(35-2)26(14-21)36-3/h4-14,17-18H,15-16H2,1-3H3,(H,30,33)(H,31,34). The van der Waals surface area contributed by atoms with Gasteiger partial charge in [-0.1, -0.05) is 36.4 Å². The molecule has 0 aliphatic rings. The third-order valence-electron chi connectivity index (χ3n) is 5.67. The lowest BCUT2D eigenvalue weighted by Crippen LogP contribution is -2.14. The number of benzene rings is 3. The molecule has 4 aromatic rings. The molecule has 0 aliphatic carbocycles. The van der Waals surface area contributed by atoms with Crippen molar-refractivity contribution < 1.29 is 19.1 Å². The van der Waals surface area contributed by atoms with E-state index in [1.54, 1.807) is 38.9 Å². The minimum Gasteiger partial charge on any atom is -0.493 e. The van der Waals surface area contributed by atoms with Crippen LogP contribution in [0.1, 0.15) is 27.2 Å². The summed E-state index contributed by atoms with van der Waals surface area (Å²) in [5.74, 6) is 0.820. The minimum atomic E-state index is -0.254. The van der Waals surface area contributed by atoms with Crippen LogP contribution in [0.4, 0.5) is 11.4 Å². The van der Waals surface area contributed by atoms with E-state index in [1.807, 2.05) is 66.1 Å². The second-order valence-corrected chi connectivity index (χ2v) is 8.31. The number of carbonyl (C=O) groups excluding carboxylic acids is 2. The van der Waals surface area contributed by atoms with Gasteiger partial charge in [-0.15, -0.1) is 0 Å². The summed E-state index contributed by atoms with van der Waals surface area (Å²) in [6, 6.07) is 20.6. The third-order valence-corrected chi connectivity index (χ3v) is 5.67. The number of amides is 2. The lowest BCUT2D eigenvalue weighted by atomic mass is 10.1. The van der Waals surface area contributed by atoms with E-state index in [0.29, 0.717) is 29.4 Å². The number of aryl methyl sites for hydroxylation is 1. The number of imidazole rings is 1. The maximum absolute atomic E-state index is 12.5. The fourth-order valence-corrected chi connectivity index (χ4v) is 3.75. The van der Waals surface area contributed by atoms with Crippen molar-refractivity contribution in [1.82, 2.24) is 9.55 Å². The quantitative estimate of drug-likeness (QED) is 0.359. The summed E-state index contributed by atoms with van der Waals surface area (Å²) >= 11 is 0.